The lowest BCUT2D eigenvalue weighted by atomic mass is 9.98. The van der Waals surface area contributed by atoms with E-state index in [1.807, 2.05) is 29.9 Å². The van der Waals surface area contributed by atoms with Crippen LogP contribution in [0.15, 0.2) is 42.0 Å². The maximum absolute atomic E-state index is 4.53. The molecular weight excluding hydrogens is 320 g/mol. The maximum atomic E-state index is 4.53. The smallest absolute Gasteiger partial charge is 0.214 e. The van der Waals surface area contributed by atoms with E-state index in [9.17, 15) is 0 Å². The third kappa shape index (κ3) is 3.68. The van der Waals surface area contributed by atoms with E-state index < -0.39 is 0 Å². The average Bonchev–Trinajstić information content (AvgIpc) is 3.27. The van der Waals surface area contributed by atoms with E-state index in [2.05, 4.69) is 37.4 Å². The van der Waals surface area contributed by atoms with Crippen LogP contribution in [0.5, 0.6) is 0 Å². The van der Waals surface area contributed by atoms with E-state index in [1.165, 1.54) is 18.4 Å². The summed E-state index contributed by atoms with van der Waals surface area (Å²) in [6.45, 7) is 4.07. The van der Waals surface area contributed by atoms with Crippen LogP contribution in [-0.2, 0) is 13.1 Å². The monoisotopic (exact) mass is 340 g/mol. The van der Waals surface area contributed by atoms with Gasteiger partial charge in [0.2, 0.25) is 5.82 Å². The Morgan fingerprint density at radius 1 is 1.21 bits per heavy atom. The SMILES string of the molecule is c1csc(-c2nnn(C[C@@H]3CCCN(Cc4ccncc4)C3)n2)c1. The molecule has 0 spiro atoms. The number of hydrogen-bond acceptors (Lipinski definition) is 6. The average molecular weight is 340 g/mol. The van der Waals surface area contributed by atoms with Gasteiger partial charge in [-0.3, -0.25) is 9.88 Å². The molecule has 124 valence electrons. The quantitative estimate of drug-likeness (QED) is 0.715. The summed E-state index contributed by atoms with van der Waals surface area (Å²) in [5.74, 6) is 1.31. The molecule has 0 aliphatic carbocycles. The van der Waals surface area contributed by atoms with Gasteiger partial charge in [-0.05, 0) is 59.7 Å². The fourth-order valence-electron chi connectivity index (χ4n) is 3.25. The Hall–Kier alpha value is -2.12. The molecule has 0 amide bonds. The van der Waals surface area contributed by atoms with Crippen molar-refractivity contribution in [1.29, 1.82) is 0 Å². The minimum atomic E-state index is 0.575. The van der Waals surface area contributed by atoms with Crippen LogP contribution in [0.2, 0.25) is 0 Å². The van der Waals surface area contributed by atoms with Gasteiger partial charge in [-0.2, -0.15) is 4.80 Å². The molecule has 4 heterocycles. The first kappa shape index (κ1) is 15.4. The van der Waals surface area contributed by atoms with Crippen LogP contribution >= 0.6 is 11.3 Å². The van der Waals surface area contributed by atoms with Crippen LogP contribution in [0.3, 0.4) is 0 Å². The minimum absolute atomic E-state index is 0.575. The molecule has 1 fully saturated rings. The van der Waals surface area contributed by atoms with E-state index in [4.69, 9.17) is 0 Å². The summed E-state index contributed by atoms with van der Waals surface area (Å²) in [5.41, 5.74) is 1.32. The predicted molar refractivity (Wildman–Crippen MR) is 93.4 cm³/mol. The zero-order valence-corrected chi connectivity index (χ0v) is 14.3. The highest BCUT2D eigenvalue weighted by Crippen LogP contribution is 2.22. The number of tetrazole rings is 1. The van der Waals surface area contributed by atoms with Crippen LogP contribution in [-0.4, -0.2) is 43.2 Å². The molecule has 4 rings (SSSR count). The largest absolute Gasteiger partial charge is 0.299 e. The molecule has 1 saturated heterocycles. The standard InChI is InChI=1S/C17H20N6S/c1-3-15(12-22(9-1)11-14-5-7-18-8-6-14)13-23-20-17(19-21-23)16-4-2-10-24-16/h2,4-8,10,15H,1,3,9,11-13H2/t15-/m1/s1. The second kappa shape index (κ2) is 7.19. The van der Waals surface area contributed by atoms with Crippen molar-refractivity contribution < 1.29 is 0 Å². The fourth-order valence-corrected chi connectivity index (χ4v) is 3.89. The number of aromatic nitrogens is 5. The van der Waals surface area contributed by atoms with E-state index in [0.29, 0.717) is 5.92 Å². The van der Waals surface area contributed by atoms with Gasteiger partial charge in [-0.1, -0.05) is 6.07 Å². The highest BCUT2D eigenvalue weighted by atomic mass is 32.1. The number of rotatable bonds is 5. The molecule has 7 heteroatoms. The van der Waals surface area contributed by atoms with Crippen LogP contribution in [0.1, 0.15) is 18.4 Å². The van der Waals surface area contributed by atoms with Crippen molar-refractivity contribution in [2.24, 2.45) is 5.92 Å². The van der Waals surface area contributed by atoms with Gasteiger partial charge in [0.25, 0.3) is 0 Å². The van der Waals surface area contributed by atoms with Crippen molar-refractivity contribution >= 4 is 11.3 Å². The van der Waals surface area contributed by atoms with Crippen LogP contribution in [0.25, 0.3) is 10.7 Å². The van der Waals surface area contributed by atoms with E-state index in [0.717, 1.165) is 36.9 Å². The number of pyridine rings is 1. The molecule has 0 aromatic carbocycles. The second-order valence-corrected chi connectivity index (χ2v) is 7.19. The summed E-state index contributed by atoms with van der Waals surface area (Å²) in [6, 6.07) is 8.23. The molecule has 1 aliphatic rings. The van der Waals surface area contributed by atoms with Crippen LogP contribution in [0, 0.1) is 5.92 Å². The van der Waals surface area contributed by atoms with Gasteiger partial charge in [0.05, 0.1) is 11.4 Å². The van der Waals surface area contributed by atoms with Crippen molar-refractivity contribution in [3.8, 4) is 10.7 Å². The lowest BCUT2D eigenvalue weighted by molar-refractivity contribution is 0.149. The topological polar surface area (TPSA) is 59.7 Å². The third-order valence-electron chi connectivity index (χ3n) is 4.37. The molecule has 24 heavy (non-hydrogen) atoms. The summed E-state index contributed by atoms with van der Waals surface area (Å²) in [7, 11) is 0. The molecule has 6 nitrogen and oxygen atoms in total. The normalized spacial score (nSPS) is 18.8. The Kier molecular flexibility index (Phi) is 4.62. The molecular formula is C17H20N6S. The first-order chi connectivity index (χ1) is 11.9. The Bertz CT molecular complexity index is 755. The van der Waals surface area contributed by atoms with Gasteiger partial charge >= 0.3 is 0 Å². The molecule has 0 N–H and O–H groups in total. The minimum Gasteiger partial charge on any atom is -0.299 e. The van der Waals surface area contributed by atoms with Crippen LogP contribution in [0.4, 0.5) is 0 Å². The highest BCUT2D eigenvalue weighted by Gasteiger charge is 2.21. The zero-order chi connectivity index (χ0) is 16.2. The second-order valence-electron chi connectivity index (χ2n) is 6.24. The lowest BCUT2D eigenvalue weighted by Gasteiger charge is -2.32. The summed E-state index contributed by atoms with van der Waals surface area (Å²) < 4.78 is 0. The molecule has 0 unspecified atom stereocenters. The first-order valence-corrected chi connectivity index (χ1v) is 9.18. The van der Waals surface area contributed by atoms with Gasteiger partial charge < -0.3 is 0 Å². The molecule has 0 bridgehead atoms. The summed E-state index contributed by atoms with van der Waals surface area (Å²) in [5, 5.41) is 15.0. The highest BCUT2D eigenvalue weighted by molar-refractivity contribution is 7.13. The van der Waals surface area contributed by atoms with Gasteiger partial charge in [0, 0.05) is 25.5 Å². The number of piperidine rings is 1. The van der Waals surface area contributed by atoms with Gasteiger partial charge in [0.1, 0.15) is 0 Å². The van der Waals surface area contributed by atoms with Crippen molar-refractivity contribution in [3.63, 3.8) is 0 Å². The van der Waals surface area contributed by atoms with Crippen LogP contribution < -0.4 is 0 Å². The van der Waals surface area contributed by atoms with Gasteiger partial charge in [0.15, 0.2) is 0 Å². The molecule has 3 aromatic heterocycles. The Morgan fingerprint density at radius 3 is 2.96 bits per heavy atom. The van der Waals surface area contributed by atoms with E-state index >= 15 is 0 Å². The first-order valence-electron chi connectivity index (χ1n) is 8.30. The number of nitrogens with zero attached hydrogens (tertiary/aromatic N) is 6. The number of likely N-dealkylation sites (tertiary alicyclic amines) is 1. The third-order valence-corrected chi connectivity index (χ3v) is 5.24. The predicted octanol–water partition coefficient (Wildman–Crippen LogP) is 2.71. The van der Waals surface area contributed by atoms with E-state index in [-0.39, 0.29) is 0 Å². The summed E-state index contributed by atoms with van der Waals surface area (Å²) in [4.78, 5) is 9.44. The summed E-state index contributed by atoms with van der Waals surface area (Å²) in [6.07, 6.45) is 6.18. The Balaban J connectivity index is 1.36. The molecule has 1 aliphatic heterocycles. The maximum Gasteiger partial charge on any atom is 0.214 e. The molecule has 0 radical (unpaired) electrons. The fraction of sp³-hybridized carbons (Fsp3) is 0.412. The van der Waals surface area contributed by atoms with Crippen molar-refractivity contribution in [2.75, 3.05) is 13.1 Å². The van der Waals surface area contributed by atoms with E-state index in [1.54, 1.807) is 16.1 Å². The molecule has 1 atom stereocenters. The van der Waals surface area contributed by atoms with Gasteiger partial charge in [-0.25, -0.2) is 0 Å². The molecule has 0 saturated carbocycles. The Labute approximate surface area is 145 Å². The van der Waals surface area contributed by atoms with Crippen molar-refractivity contribution in [1.82, 2.24) is 30.1 Å². The molecule has 3 aromatic rings. The van der Waals surface area contributed by atoms with Crippen molar-refractivity contribution in [3.05, 3.63) is 47.6 Å². The Morgan fingerprint density at radius 2 is 2.12 bits per heavy atom. The zero-order valence-electron chi connectivity index (χ0n) is 13.5. The lowest BCUT2D eigenvalue weighted by Crippen LogP contribution is -2.36. The number of hydrogen-bond donors (Lipinski definition) is 0. The van der Waals surface area contributed by atoms with Crippen molar-refractivity contribution in [2.45, 2.75) is 25.9 Å². The number of thiophene rings is 1. The summed E-state index contributed by atoms with van der Waals surface area (Å²) >= 11 is 1.65. The van der Waals surface area contributed by atoms with Gasteiger partial charge in [-0.15, -0.1) is 21.5 Å².